The lowest BCUT2D eigenvalue weighted by molar-refractivity contribution is -0.147. The topological polar surface area (TPSA) is 123 Å². The van der Waals surface area contributed by atoms with E-state index in [4.69, 9.17) is 15.2 Å². The number of carbonyl (C=O) groups excluding carboxylic acids is 3. The summed E-state index contributed by atoms with van der Waals surface area (Å²) in [5.41, 5.74) is 9.33. The smallest absolute Gasteiger partial charge is 0.412 e. The third kappa shape index (κ3) is 8.32. The fraction of sp³-hybridized carbons (Fsp3) is 0.433. The Hall–Kier alpha value is -3.85. The Balaban J connectivity index is 1.62. The molecule has 0 saturated carbocycles. The van der Waals surface area contributed by atoms with Gasteiger partial charge in [-0.15, -0.1) is 0 Å². The molecule has 1 fully saturated rings. The van der Waals surface area contributed by atoms with Crippen LogP contribution in [0.25, 0.3) is 11.1 Å². The van der Waals surface area contributed by atoms with Gasteiger partial charge in [-0.1, -0.05) is 36.9 Å². The number of carbonyl (C=O) groups is 3. The molecule has 210 valence electrons. The summed E-state index contributed by atoms with van der Waals surface area (Å²) in [6, 6.07) is 14.9. The van der Waals surface area contributed by atoms with E-state index in [0.29, 0.717) is 30.9 Å². The summed E-state index contributed by atoms with van der Waals surface area (Å²) in [5.74, 6) is -0.498. The number of piperidine rings is 1. The average Bonchev–Trinajstić information content (AvgIpc) is 2.95. The van der Waals surface area contributed by atoms with Gasteiger partial charge in [-0.25, -0.2) is 4.79 Å². The Morgan fingerprint density at radius 2 is 1.90 bits per heavy atom. The van der Waals surface area contributed by atoms with Gasteiger partial charge in [-0.2, -0.15) is 0 Å². The van der Waals surface area contributed by atoms with Crippen molar-refractivity contribution in [2.24, 2.45) is 17.6 Å². The fourth-order valence-electron chi connectivity index (χ4n) is 4.96. The lowest BCUT2D eigenvalue weighted by Gasteiger charge is -2.37. The maximum Gasteiger partial charge on any atom is 0.412 e. The van der Waals surface area contributed by atoms with Crippen molar-refractivity contribution in [1.82, 2.24) is 15.5 Å². The summed E-state index contributed by atoms with van der Waals surface area (Å²) >= 11 is 0. The highest BCUT2D eigenvalue weighted by Crippen LogP contribution is 2.27. The summed E-state index contributed by atoms with van der Waals surface area (Å²) in [4.78, 5) is 39.6. The second-order valence-electron chi connectivity index (χ2n) is 9.86. The number of hydrogen-bond acceptors (Lipinski definition) is 7. The number of amides is 2. The van der Waals surface area contributed by atoms with Crippen molar-refractivity contribution in [3.63, 3.8) is 0 Å². The first-order valence-electron chi connectivity index (χ1n) is 13.4. The van der Waals surface area contributed by atoms with Crippen LogP contribution in [0.2, 0.25) is 0 Å². The number of benzene rings is 2. The molecule has 39 heavy (non-hydrogen) atoms. The van der Waals surface area contributed by atoms with E-state index in [2.05, 4.69) is 17.2 Å². The normalized spacial score (nSPS) is 16.5. The van der Waals surface area contributed by atoms with Gasteiger partial charge in [0, 0.05) is 31.2 Å². The Morgan fingerprint density at radius 1 is 1.15 bits per heavy atom. The molecule has 2 aromatic rings. The van der Waals surface area contributed by atoms with E-state index >= 15 is 0 Å². The number of hydrogen-bond donors (Lipinski definition) is 3. The highest BCUT2D eigenvalue weighted by atomic mass is 16.5. The summed E-state index contributed by atoms with van der Waals surface area (Å²) in [6.45, 7) is 9.66. The van der Waals surface area contributed by atoms with Crippen molar-refractivity contribution >= 4 is 18.0 Å². The molecule has 1 heterocycles. The molecule has 2 amide bonds. The number of alkyl carbamates (subject to hydrolysis) is 1. The van der Waals surface area contributed by atoms with Crippen LogP contribution in [0.1, 0.15) is 49.0 Å². The predicted octanol–water partition coefficient (Wildman–Crippen LogP) is 4.04. The summed E-state index contributed by atoms with van der Waals surface area (Å²) in [6.07, 6.45) is 1.81. The maximum absolute atomic E-state index is 13.1. The van der Waals surface area contributed by atoms with E-state index in [1.165, 1.54) is 7.11 Å². The van der Waals surface area contributed by atoms with Crippen LogP contribution in [-0.4, -0.2) is 55.7 Å². The van der Waals surface area contributed by atoms with Crippen molar-refractivity contribution in [2.45, 2.75) is 45.7 Å². The quantitative estimate of drug-likeness (QED) is 0.371. The molecule has 9 heteroatoms. The molecule has 4 N–H and O–H groups in total. The average molecular weight is 537 g/mol. The molecule has 0 aliphatic carbocycles. The van der Waals surface area contributed by atoms with Crippen LogP contribution in [0, 0.1) is 11.8 Å². The molecule has 1 saturated heterocycles. The van der Waals surface area contributed by atoms with Gasteiger partial charge in [0.1, 0.15) is 5.82 Å². The zero-order valence-corrected chi connectivity index (χ0v) is 23.1. The molecular formula is C30H40N4O5. The van der Waals surface area contributed by atoms with Crippen molar-refractivity contribution in [3.05, 3.63) is 72.1 Å². The van der Waals surface area contributed by atoms with Crippen LogP contribution in [0.5, 0.6) is 0 Å². The Morgan fingerprint density at radius 3 is 2.56 bits per heavy atom. The minimum Gasteiger partial charge on any atom is -0.469 e. The molecule has 0 spiro atoms. The first-order valence-corrected chi connectivity index (χ1v) is 13.4. The van der Waals surface area contributed by atoms with Gasteiger partial charge in [0.05, 0.1) is 19.6 Å². The molecule has 2 aromatic carbocycles. The molecule has 1 aliphatic heterocycles. The highest BCUT2D eigenvalue weighted by Gasteiger charge is 2.32. The van der Waals surface area contributed by atoms with Crippen molar-refractivity contribution < 1.29 is 23.9 Å². The van der Waals surface area contributed by atoms with Crippen LogP contribution in [0.4, 0.5) is 4.79 Å². The second kappa shape index (κ2) is 14.3. The fourth-order valence-corrected chi connectivity index (χ4v) is 4.96. The number of esters is 1. The number of rotatable bonds is 11. The van der Waals surface area contributed by atoms with Crippen LogP contribution < -0.4 is 16.4 Å². The molecule has 0 aromatic heterocycles. The highest BCUT2D eigenvalue weighted by molar-refractivity contribution is 5.95. The Bertz CT molecular complexity index is 1150. The SMILES string of the molecule is C=C(NC(=O)OCC)N1CCCC(CC(C(=O)OC)[C@@H](C)NC(=O)c2ccc(-c3cccc(CN)c3)cc2)C1. The van der Waals surface area contributed by atoms with Crippen LogP contribution in [0.15, 0.2) is 60.9 Å². The van der Waals surface area contributed by atoms with E-state index in [1.54, 1.807) is 19.1 Å². The number of nitrogens with one attached hydrogen (secondary N) is 2. The predicted molar refractivity (Wildman–Crippen MR) is 150 cm³/mol. The molecule has 1 aliphatic rings. The molecule has 3 atom stereocenters. The standard InChI is InChI=1S/C30H40N4O5/c1-5-39-30(37)33-21(3)34-15-7-9-23(19-34)17-27(29(36)38-4)20(2)32-28(35)25-13-11-24(12-14-25)26-10-6-8-22(16-26)18-31/h6,8,10-14,16,20,23,27H,3,5,7,9,15,17-19,31H2,1-2,4H3,(H,32,35)(H,33,37)/t20-,23?,27?/m1/s1. The lowest BCUT2D eigenvalue weighted by atomic mass is 9.85. The van der Waals surface area contributed by atoms with Crippen LogP contribution in [-0.2, 0) is 20.8 Å². The minimum atomic E-state index is -0.537. The van der Waals surface area contributed by atoms with Gasteiger partial charge < -0.3 is 25.4 Å². The first kappa shape index (κ1) is 29.7. The van der Waals surface area contributed by atoms with Gasteiger partial charge in [0.15, 0.2) is 0 Å². The van der Waals surface area contributed by atoms with E-state index < -0.39 is 18.1 Å². The number of methoxy groups -OCH3 is 1. The van der Waals surface area contributed by atoms with Gasteiger partial charge in [0.25, 0.3) is 5.91 Å². The van der Waals surface area contributed by atoms with Crippen molar-refractivity contribution in [3.8, 4) is 11.1 Å². The zero-order valence-electron chi connectivity index (χ0n) is 23.1. The van der Waals surface area contributed by atoms with E-state index in [-0.39, 0.29) is 24.4 Å². The number of nitrogens with zero attached hydrogens (tertiary/aromatic N) is 1. The molecule has 9 nitrogen and oxygen atoms in total. The van der Waals surface area contributed by atoms with E-state index in [9.17, 15) is 14.4 Å². The van der Waals surface area contributed by atoms with Crippen LogP contribution in [0.3, 0.4) is 0 Å². The van der Waals surface area contributed by atoms with Gasteiger partial charge in [-0.05, 0) is 73.9 Å². The number of likely N-dealkylation sites (tertiary alicyclic amines) is 1. The molecule has 0 radical (unpaired) electrons. The van der Waals surface area contributed by atoms with Crippen molar-refractivity contribution in [2.75, 3.05) is 26.8 Å². The minimum absolute atomic E-state index is 0.159. The molecule has 3 rings (SSSR count). The van der Waals surface area contributed by atoms with Gasteiger partial charge in [0.2, 0.25) is 0 Å². The van der Waals surface area contributed by atoms with Gasteiger partial charge in [-0.3, -0.25) is 14.9 Å². The largest absolute Gasteiger partial charge is 0.469 e. The van der Waals surface area contributed by atoms with Crippen molar-refractivity contribution in [1.29, 1.82) is 0 Å². The lowest BCUT2D eigenvalue weighted by Crippen LogP contribution is -2.45. The van der Waals surface area contributed by atoms with E-state index in [1.807, 2.05) is 48.2 Å². The monoisotopic (exact) mass is 536 g/mol. The van der Waals surface area contributed by atoms with Crippen LogP contribution >= 0.6 is 0 Å². The Labute approximate surface area is 230 Å². The van der Waals surface area contributed by atoms with Gasteiger partial charge >= 0.3 is 12.1 Å². The molecule has 2 unspecified atom stereocenters. The third-order valence-corrected chi connectivity index (χ3v) is 7.12. The third-order valence-electron chi connectivity index (χ3n) is 7.12. The summed E-state index contributed by atoms with van der Waals surface area (Å²) in [5, 5.41) is 5.65. The summed E-state index contributed by atoms with van der Waals surface area (Å²) in [7, 11) is 1.36. The number of nitrogens with two attached hydrogens (primary N) is 1. The molecular weight excluding hydrogens is 496 g/mol. The first-order chi connectivity index (χ1) is 18.7. The maximum atomic E-state index is 13.1. The van der Waals surface area contributed by atoms with E-state index in [0.717, 1.165) is 36.1 Å². The zero-order chi connectivity index (χ0) is 28.4. The number of ether oxygens (including phenoxy) is 2. The molecule has 0 bridgehead atoms. The second-order valence-corrected chi connectivity index (χ2v) is 9.86. The Kier molecular flexibility index (Phi) is 10.9. The summed E-state index contributed by atoms with van der Waals surface area (Å²) < 4.78 is 10.0.